The Kier molecular flexibility index (Phi) is 8.23. The molecule has 0 bridgehead atoms. The third-order valence-corrected chi connectivity index (χ3v) is 7.57. The van der Waals surface area contributed by atoms with Gasteiger partial charge in [0, 0.05) is 40.2 Å². The van der Waals surface area contributed by atoms with Gasteiger partial charge in [-0.15, -0.1) is 0 Å². The van der Waals surface area contributed by atoms with Crippen LogP contribution in [0.2, 0.25) is 0 Å². The molecule has 33 heavy (non-hydrogen) atoms. The molecular weight excluding hydrogens is 442 g/mol. The lowest BCUT2D eigenvalue weighted by molar-refractivity contribution is -0.122. The molecule has 1 aliphatic heterocycles. The van der Waals surface area contributed by atoms with Gasteiger partial charge in [-0.05, 0) is 48.6 Å². The van der Waals surface area contributed by atoms with E-state index in [1.54, 1.807) is 32.2 Å². The average Bonchev–Trinajstić information content (AvgIpc) is 2.77. The highest BCUT2D eigenvalue weighted by atomic mass is 32.2. The average molecular weight is 474 g/mol. The molecule has 1 atom stereocenters. The second-order valence-electron chi connectivity index (χ2n) is 8.16. The lowest BCUT2D eigenvalue weighted by atomic mass is 9.92. The molecule has 0 spiro atoms. The monoisotopic (exact) mass is 473 g/mol. The van der Waals surface area contributed by atoms with Crippen molar-refractivity contribution in [2.75, 3.05) is 32.1 Å². The first-order chi connectivity index (χ1) is 15.7. The number of nitrogens with zero attached hydrogens (tertiary/aromatic N) is 1. The molecular formula is C24H31N3O5S. The molecule has 0 saturated carbocycles. The predicted octanol–water partition coefficient (Wildman–Crippen LogP) is 2.78. The van der Waals surface area contributed by atoms with Crippen molar-refractivity contribution in [1.82, 2.24) is 9.62 Å². The molecule has 1 aliphatic rings. The van der Waals surface area contributed by atoms with Gasteiger partial charge in [-0.1, -0.05) is 30.3 Å². The van der Waals surface area contributed by atoms with E-state index < -0.39 is 16.1 Å². The van der Waals surface area contributed by atoms with Gasteiger partial charge in [0.2, 0.25) is 21.8 Å². The molecule has 1 heterocycles. The first-order valence-electron chi connectivity index (χ1n) is 11.0. The van der Waals surface area contributed by atoms with Gasteiger partial charge in [0.05, 0.1) is 11.7 Å². The van der Waals surface area contributed by atoms with E-state index in [-0.39, 0.29) is 35.4 Å². The van der Waals surface area contributed by atoms with Crippen LogP contribution >= 0.6 is 0 Å². The molecule has 2 aromatic carbocycles. The van der Waals surface area contributed by atoms with Crippen LogP contribution in [0.15, 0.2) is 47.4 Å². The van der Waals surface area contributed by atoms with Crippen molar-refractivity contribution in [1.29, 1.82) is 0 Å². The van der Waals surface area contributed by atoms with E-state index in [0.717, 1.165) is 16.7 Å². The standard InChI is InChI=1S/C24H31N3O5S/c1-17-9-10-21(26-18(2)28)23(15-17)33(30,31)27-13-11-19-7-4-5-8-20(19)22(27)16-24(29)25-12-6-14-32-3/h4-5,7-10,15,22H,6,11-14,16H2,1-3H3,(H,25,29)(H,26,28). The van der Waals surface area contributed by atoms with Gasteiger partial charge < -0.3 is 15.4 Å². The number of methoxy groups -OCH3 is 1. The van der Waals surface area contributed by atoms with Crippen molar-refractivity contribution in [3.05, 3.63) is 59.2 Å². The van der Waals surface area contributed by atoms with Crippen LogP contribution in [0.1, 0.15) is 42.5 Å². The van der Waals surface area contributed by atoms with Crippen molar-refractivity contribution >= 4 is 27.5 Å². The number of fused-ring (bicyclic) bond motifs is 1. The molecule has 0 radical (unpaired) electrons. The van der Waals surface area contributed by atoms with Crippen LogP contribution in [0.3, 0.4) is 0 Å². The van der Waals surface area contributed by atoms with Crippen LogP contribution in [0, 0.1) is 6.92 Å². The summed E-state index contributed by atoms with van der Waals surface area (Å²) in [4.78, 5) is 24.5. The van der Waals surface area contributed by atoms with Crippen LogP contribution < -0.4 is 10.6 Å². The van der Waals surface area contributed by atoms with E-state index in [1.165, 1.54) is 11.2 Å². The fourth-order valence-corrected chi connectivity index (χ4v) is 5.92. The maximum absolute atomic E-state index is 13.9. The number of rotatable bonds is 9. The Morgan fingerprint density at radius 1 is 1.18 bits per heavy atom. The number of carbonyl (C=O) groups excluding carboxylic acids is 2. The summed E-state index contributed by atoms with van der Waals surface area (Å²) >= 11 is 0. The van der Waals surface area contributed by atoms with Crippen molar-refractivity contribution in [2.45, 2.75) is 44.0 Å². The zero-order valence-electron chi connectivity index (χ0n) is 19.3. The lowest BCUT2D eigenvalue weighted by Crippen LogP contribution is -2.42. The summed E-state index contributed by atoms with van der Waals surface area (Å²) in [6.45, 7) is 4.37. The maximum Gasteiger partial charge on any atom is 0.245 e. The van der Waals surface area contributed by atoms with Crippen LogP contribution in [-0.2, 0) is 30.8 Å². The van der Waals surface area contributed by atoms with E-state index in [2.05, 4.69) is 10.6 Å². The van der Waals surface area contributed by atoms with Crippen LogP contribution in [0.5, 0.6) is 0 Å². The summed E-state index contributed by atoms with van der Waals surface area (Å²) < 4.78 is 34.1. The third kappa shape index (κ3) is 5.98. The highest BCUT2D eigenvalue weighted by Crippen LogP contribution is 2.38. The quantitative estimate of drug-likeness (QED) is 0.545. The fourth-order valence-electron chi connectivity index (χ4n) is 4.08. The molecule has 0 saturated heterocycles. The molecule has 0 aromatic heterocycles. The van der Waals surface area contributed by atoms with Crippen LogP contribution in [-0.4, -0.2) is 51.3 Å². The largest absolute Gasteiger partial charge is 0.385 e. The van der Waals surface area contributed by atoms with Gasteiger partial charge in [-0.25, -0.2) is 8.42 Å². The first-order valence-corrected chi connectivity index (χ1v) is 12.4. The molecule has 1 unspecified atom stereocenters. The number of aryl methyl sites for hydroxylation is 1. The molecule has 3 rings (SSSR count). The molecule has 2 amide bonds. The third-order valence-electron chi connectivity index (χ3n) is 5.62. The molecule has 2 aromatic rings. The number of carbonyl (C=O) groups is 2. The van der Waals surface area contributed by atoms with Gasteiger partial charge in [-0.3, -0.25) is 9.59 Å². The Bertz CT molecular complexity index is 1120. The number of ether oxygens (including phenoxy) is 1. The second-order valence-corrected chi connectivity index (χ2v) is 10.0. The number of hydrogen-bond acceptors (Lipinski definition) is 5. The Morgan fingerprint density at radius 3 is 2.67 bits per heavy atom. The predicted molar refractivity (Wildman–Crippen MR) is 126 cm³/mol. The Morgan fingerprint density at radius 2 is 1.94 bits per heavy atom. The smallest absolute Gasteiger partial charge is 0.245 e. The fraction of sp³-hybridized carbons (Fsp3) is 0.417. The van der Waals surface area contributed by atoms with Crippen molar-refractivity contribution in [3.8, 4) is 0 Å². The van der Waals surface area contributed by atoms with Gasteiger partial charge in [0.25, 0.3) is 0 Å². The van der Waals surface area contributed by atoms with E-state index in [9.17, 15) is 18.0 Å². The van der Waals surface area contributed by atoms with Crippen LogP contribution in [0.25, 0.3) is 0 Å². The Labute approximate surface area is 195 Å². The zero-order valence-corrected chi connectivity index (χ0v) is 20.1. The first kappa shape index (κ1) is 24.9. The Hall–Kier alpha value is -2.75. The van der Waals surface area contributed by atoms with Gasteiger partial charge in [0.1, 0.15) is 4.90 Å². The molecule has 0 fully saturated rings. The van der Waals surface area contributed by atoms with Crippen molar-refractivity contribution < 1.29 is 22.7 Å². The molecule has 2 N–H and O–H groups in total. The van der Waals surface area contributed by atoms with E-state index in [4.69, 9.17) is 4.74 Å². The SMILES string of the molecule is COCCCNC(=O)CC1c2ccccc2CCN1S(=O)(=O)c1cc(C)ccc1NC(C)=O. The number of anilines is 1. The lowest BCUT2D eigenvalue weighted by Gasteiger charge is -2.36. The van der Waals surface area contributed by atoms with Crippen molar-refractivity contribution in [2.24, 2.45) is 0 Å². The minimum Gasteiger partial charge on any atom is -0.385 e. The van der Waals surface area contributed by atoms with E-state index in [0.29, 0.717) is 26.0 Å². The van der Waals surface area contributed by atoms with E-state index >= 15 is 0 Å². The summed E-state index contributed by atoms with van der Waals surface area (Å²) in [6, 6.07) is 11.9. The normalized spacial score (nSPS) is 16.2. The highest BCUT2D eigenvalue weighted by Gasteiger charge is 2.38. The second kappa shape index (κ2) is 10.9. The van der Waals surface area contributed by atoms with Crippen molar-refractivity contribution in [3.63, 3.8) is 0 Å². The summed E-state index contributed by atoms with van der Waals surface area (Å²) in [5.74, 6) is -0.578. The van der Waals surface area contributed by atoms with Gasteiger partial charge >= 0.3 is 0 Å². The number of sulfonamides is 1. The molecule has 178 valence electrons. The summed E-state index contributed by atoms with van der Waals surface area (Å²) in [5.41, 5.74) is 2.85. The highest BCUT2D eigenvalue weighted by molar-refractivity contribution is 7.89. The van der Waals surface area contributed by atoms with Gasteiger partial charge in [-0.2, -0.15) is 4.31 Å². The maximum atomic E-state index is 13.9. The molecule has 0 aliphatic carbocycles. The zero-order chi connectivity index (χ0) is 24.0. The van der Waals surface area contributed by atoms with E-state index in [1.807, 2.05) is 24.3 Å². The Balaban J connectivity index is 1.97. The minimum absolute atomic E-state index is 0.00448. The van der Waals surface area contributed by atoms with Gasteiger partial charge in [0.15, 0.2) is 0 Å². The number of benzene rings is 2. The summed E-state index contributed by atoms with van der Waals surface area (Å²) in [6.07, 6.45) is 1.22. The number of amides is 2. The molecule has 9 heteroatoms. The number of hydrogen-bond donors (Lipinski definition) is 2. The number of nitrogens with one attached hydrogen (secondary N) is 2. The summed E-state index contributed by atoms with van der Waals surface area (Å²) in [5, 5.41) is 5.48. The minimum atomic E-state index is -4.01. The topological polar surface area (TPSA) is 105 Å². The molecule has 8 nitrogen and oxygen atoms in total. The van der Waals surface area contributed by atoms with Crippen LogP contribution in [0.4, 0.5) is 5.69 Å². The summed E-state index contributed by atoms with van der Waals surface area (Å²) in [7, 11) is -2.41.